The molecule has 0 aliphatic carbocycles. The first-order valence-corrected chi connectivity index (χ1v) is 8.99. The van der Waals surface area contributed by atoms with Crippen molar-refractivity contribution in [3.05, 3.63) is 0 Å². The maximum absolute atomic E-state index is 10.7. The number of rotatable bonds is 12. The average Bonchev–Trinajstić information content (AvgIpc) is 2.34. The van der Waals surface area contributed by atoms with Crippen molar-refractivity contribution in [2.24, 2.45) is 0 Å². The Labute approximate surface area is 167 Å². The van der Waals surface area contributed by atoms with E-state index >= 15 is 0 Å². The quantitative estimate of drug-likeness (QED) is 0.315. The molecular formula is C14H29KO4S. The van der Waals surface area contributed by atoms with Crippen molar-refractivity contribution in [1.82, 2.24) is 0 Å². The summed E-state index contributed by atoms with van der Waals surface area (Å²) < 4.78 is 32.2. The molecule has 0 rings (SSSR count). The van der Waals surface area contributed by atoms with Crippen LogP contribution in [-0.2, 0) is 10.1 Å². The van der Waals surface area contributed by atoms with E-state index in [0.29, 0.717) is 6.42 Å². The molecule has 2 atom stereocenters. The molecule has 0 heterocycles. The van der Waals surface area contributed by atoms with Crippen molar-refractivity contribution in [1.29, 1.82) is 0 Å². The van der Waals surface area contributed by atoms with Gasteiger partial charge in [0, 0.05) is 0 Å². The molecule has 4 nitrogen and oxygen atoms in total. The van der Waals surface area contributed by atoms with E-state index in [1.54, 1.807) is 0 Å². The third-order valence-corrected chi connectivity index (χ3v) is 4.83. The summed E-state index contributed by atoms with van der Waals surface area (Å²) in [4.78, 5) is 0. The van der Waals surface area contributed by atoms with E-state index in [0.717, 1.165) is 19.3 Å². The van der Waals surface area contributed by atoms with Crippen LogP contribution in [0.15, 0.2) is 0 Å². The summed E-state index contributed by atoms with van der Waals surface area (Å²) in [7, 11) is -4.36. The van der Waals surface area contributed by atoms with Crippen LogP contribution in [0.4, 0.5) is 0 Å². The normalized spacial score (nSPS) is 14.6. The van der Waals surface area contributed by atoms with Crippen LogP contribution in [-0.4, -0.2) is 29.4 Å². The predicted molar refractivity (Wildman–Crippen MR) is 77.0 cm³/mol. The number of unbranched alkanes of at least 4 members (excludes halogenated alkanes) is 8. The molecule has 0 bridgehead atoms. The smallest absolute Gasteiger partial charge is 0.748 e. The van der Waals surface area contributed by atoms with Crippen molar-refractivity contribution in [2.45, 2.75) is 89.4 Å². The number of aliphatic hydroxyl groups is 1. The van der Waals surface area contributed by atoms with E-state index in [2.05, 4.69) is 6.92 Å². The van der Waals surface area contributed by atoms with E-state index in [-0.39, 0.29) is 51.4 Å². The predicted octanol–water partition coefficient (Wildman–Crippen LogP) is 0.206. The van der Waals surface area contributed by atoms with Crippen molar-refractivity contribution >= 4 is 10.1 Å². The maximum Gasteiger partial charge on any atom is 1.00 e. The molecule has 0 fully saturated rings. The van der Waals surface area contributed by atoms with Crippen molar-refractivity contribution in [3.8, 4) is 0 Å². The summed E-state index contributed by atoms with van der Waals surface area (Å²) in [6.45, 7) is 3.48. The molecule has 1 N–H and O–H groups in total. The number of hydrogen-bond acceptors (Lipinski definition) is 4. The van der Waals surface area contributed by atoms with E-state index < -0.39 is 21.5 Å². The van der Waals surface area contributed by atoms with E-state index in [4.69, 9.17) is 0 Å². The topological polar surface area (TPSA) is 77.4 Å². The second-order valence-electron chi connectivity index (χ2n) is 5.38. The number of hydrogen-bond donors (Lipinski definition) is 1. The fraction of sp³-hybridized carbons (Fsp3) is 1.00. The maximum atomic E-state index is 10.7. The summed E-state index contributed by atoms with van der Waals surface area (Å²) in [6, 6.07) is 0. The van der Waals surface area contributed by atoms with Crippen LogP contribution in [0.2, 0.25) is 0 Å². The molecule has 6 heteroatoms. The molecular weight excluding hydrogens is 303 g/mol. The fourth-order valence-electron chi connectivity index (χ4n) is 2.09. The Morgan fingerprint density at radius 1 is 0.950 bits per heavy atom. The molecule has 2 unspecified atom stereocenters. The van der Waals surface area contributed by atoms with E-state index in [9.17, 15) is 18.1 Å². The van der Waals surface area contributed by atoms with Gasteiger partial charge in [-0.1, -0.05) is 64.7 Å². The molecule has 20 heavy (non-hydrogen) atoms. The molecule has 0 aromatic heterocycles. The van der Waals surface area contributed by atoms with Crippen LogP contribution < -0.4 is 51.4 Å². The van der Waals surface area contributed by atoms with Crippen LogP contribution in [0.25, 0.3) is 0 Å². The van der Waals surface area contributed by atoms with Gasteiger partial charge >= 0.3 is 51.4 Å². The zero-order valence-corrected chi connectivity index (χ0v) is 17.2. The van der Waals surface area contributed by atoms with Gasteiger partial charge in [-0.25, -0.2) is 8.42 Å². The molecule has 0 aromatic carbocycles. The van der Waals surface area contributed by atoms with E-state index in [1.807, 2.05) is 0 Å². The Balaban J connectivity index is 0. The van der Waals surface area contributed by atoms with Crippen LogP contribution in [0, 0.1) is 0 Å². The molecule has 0 saturated carbocycles. The first kappa shape index (κ1) is 23.8. The minimum atomic E-state index is -4.36. The Hall–Kier alpha value is 1.51. The first-order chi connectivity index (χ1) is 8.89. The van der Waals surface area contributed by atoms with E-state index in [1.165, 1.54) is 45.4 Å². The Bertz CT molecular complexity index is 306. The standard InChI is InChI=1S/C14H30O4S.K/c1-3-4-5-6-7-8-9-10-11-12-14(15)13(2)19(16,17)18;/h13-15H,3-12H2,1-2H3,(H,16,17,18);/q;+1/p-1. The van der Waals surface area contributed by atoms with Crippen LogP contribution in [0.1, 0.15) is 78.1 Å². The molecule has 0 aliphatic rings. The number of aliphatic hydroxyl groups excluding tert-OH is 1. The zero-order chi connectivity index (χ0) is 14.7. The third kappa shape index (κ3) is 13.2. The molecule has 0 aromatic rings. The summed E-state index contributed by atoms with van der Waals surface area (Å²) in [6.07, 6.45) is 9.93. The minimum Gasteiger partial charge on any atom is -0.748 e. The van der Waals surface area contributed by atoms with Gasteiger partial charge in [-0.05, 0) is 13.3 Å². The Morgan fingerprint density at radius 2 is 1.35 bits per heavy atom. The van der Waals surface area contributed by atoms with Crippen LogP contribution in [0.5, 0.6) is 0 Å². The minimum absolute atomic E-state index is 0. The molecule has 0 spiro atoms. The van der Waals surface area contributed by atoms with Gasteiger partial charge in [0.25, 0.3) is 0 Å². The van der Waals surface area contributed by atoms with Gasteiger partial charge in [0.1, 0.15) is 0 Å². The average molecular weight is 333 g/mol. The molecule has 116 valence electrons. The monoisotopic (exact) mass is 332 g/mol. The molecule has 0 saturated heterocycles. The SMILES string of the molecule is CCCCCCCCCCCC(O)C(C)S(=O)(=O)[O-].[K+]. The zero-order valence-electron chi connectivity index (χ0n) is 13.3. The second-order valence-corrected chi connectivity index (χ2v) is 7.11. The van der Waals surface area contributed by atoms with Gasteiger partial charge in [0.15, 0.2) is 0 Å². The summed E-state index contributed by atoms with van der Waals surface area (Å²) in [5, 5.41) is 8.38. The summed E-state index contributed by atoms with van der Waals surface area (Å²) in [5.74, 6) is 0. The fourth-order valence-corrected chi connectivity index (χ4v) is 2.61. The largest absolute Gasteiger partial charge is 1.00 e. The molecule has 0 aliphatic heterocycles. The summed E-state index contributed by atoms with van der Waals surface area (Å²) >= 11 is 0. The van der Waals surface area contributed by atoms with Gasteiger partial charge in [0.05, 0.1) is 21.5 Å². The Kier molecular flexibility index (Phi) is 16.8. The second kappa shape index (κ2) is 14.1. The summed E-state index contributed by atoms with van der Waals surface area (Å²) in [5.41, 5.74) is 0. The van der Waals surface area contributed by atoms with Gasteiger partial charge in [-0.3, -0.25) is 0 Å². The molecule has 0 radical (unpaired) electrons. The third-order valence-electron chi connectivity index (χ3n) is 3.60. The van der Waals surface area contributed by atoms with Crippen LogP contribution >= 0.6 is 0 Å². The van der Waals surface area contributed by atoms with Gasteiger partial charge in [0.2, 0.25) is 0 Å². The van der Waals surface area contributed by atoms with Crippen molar-refractivity contribution in [2.75, 3.05) is 0 Å². The first-order valence-electron chi connectivity index (χ1n) is 7.52. The van der Waals surface area contributed by atoms with Gasteiger partial charge < -0.3 is 9.66 Å². The van der Waals surface area contributed by atoms with Crippen molar-refractivity contribution < 1.29 is 69.5 Å². The van der Waals surface area contributed by atoms with Crippen molar-refractivity contribution in [3.63, 3.8) is 0 Å². The Morgan fingerprint density at radius 3 is 1.75 bits per heavy atom. The van der Waals surface area contributed by atoms with Crippen LogP contribution in [0.3, 0.4) is 0 Å². The molecule has 0 amide bonds. The van der Waals surface area contributed by atoms with Gasteiger partial charge in [-0.2, -0.15) is 0 Å². The van der Waals surface area contributed by atoms with Gasteiger partial charge in [-0.15, -0.1) is 0 Å².